The van der Waals surface area contributed by atoms with Crippen molar-refractivity contribution in [2.24, 2.45) is 46.3 Å². The molecule has 0 radical (unpaired) electrons. The van der Waals surface area contributed by atoms with Gasteiger partial charge < -0.3 is 19.7 Å². The van der Waals surface area contributed by atoms with Crippen molar-refractivity contribution in [3.63, 3.8) is 0 Å². The van der Waals surface area contributed by atoms with E-state index in [4.69, 9.17) is 9.47 Å². The van der Waals surface area contributed by atoms with Crippen LogP contribution in [0.4, 0.5) is 43.9 Å². The number of carbonyl (C=O) groups excluding carboxylic acids is 2. The molecule has 83 heavy (non-hydrogen) atoms. The predicted molar refractivity (Wildman–Crippen MR) is 302 cm³/mol. The second kappa shape index (κ2) is 28.1. The zero-order chi connectivity index (χ0) is 60.3. The lowest BCUT2D eigenvalue weighted by atomic mass is 9.52. The first-order chi connectivity index (χ1) is 38.2. The molecular formula is C60H85ClF10N2O8S2. The lowest BCUT2D eigenvalue weighted by molar-refractivity contribution is -0.284. The summed E-state index contributed by atoms with van der Waals surface area (Å²) in [6.45, 7) is 4.71. The van der Waals surface area contributed by atoms with Crippen molar-refractivity contribution in [2.75, 3.05) is 64.3 Å². The third kappa shape index (κ3) is 16.4. The Bertz CT molecular complexity index is 2400. The number of aliphatic hydroxyl groups is 2. The number of alkyl halides is 10. The Morgan fingerprint density at radius 2 is 0.916 bits per heavy atom. The number of ether oxygens (including phenoxy) is 2. The second-order valence-corrected chi connectivity index (χ2v) is 28.9. The number of rotatable bonds is 22. The lowest BCUT2D eigenvalue weighted by Crippen LogP contribution is -2.47. The van der Waals surface area contributed by atoms with Crippen molar-refractivity contribution in [1.29, 1.82) is 0 Å². The van der Waals surface area contributed by atoms with E-state index in [1.807, 2.05) is 24.3 Å². The van der Waals surface area contributed by atoms with E-state index in [9.17, 15) is 72.1 Å². The van der Waals surface area contributed by atoms with Gasteiger partial charge in [-0.2, -0.15) is 43.9 Å². The first-order valence-electron chi connectivity index (χ1n) is 29.2. The minimum atomic E-state index is -5.59. The molecule has 23 heteroatoms. The van der Waals surface area contributed by atoms with Crippen LogP contribution in [-0.2, 0) is 44.0 Å². The third-order valence-electron chi connectivity index (χ3n) is 19.4. The minimum Gasteiger partial charge on any atom is -0.426 e. The summed E-state index contributed by atoms with van der Waals surface area (Å²) in [5.41, 5.74) is 4.48. The fraction of sp³-hybridized carbons (Fsp3) is 0.767. The molecule has 6 aliphatic carbocycles. The van der Waals surface area contributed by atoms with Crippen LogP contribution in [0.5, 0.6) is 11.5 Å². The van der Waals surface area contributed by atoms with Gasteiger partial charge in [-0.15, -0.1) is 12.4 Å². The van der Waals surface area contributed by atoms with Gasteiger partial charge in [0.25, 0.3) is 0 Å². The number of fused-ring (bicyclic) bond motifs is 10. The van der Waals surface area contributed by atoms with Crippen LogP contribution in [-0.4, -0.2) is 141 Å². The van der Waals surface area contributed by atoms with Gasteiger partial charge >= 0.3 is 36.1 Å². The highest BCUT2D eigenvalue weighted by Crippen LogP contribution is 2.64. The van der Waals surface area contributed by atoms with E-state index in [1.54, 1.807) is 38.0 Å². The molecule has 0 bridgehead atoms. The largest absolute Gasteiger partial charge is 0.453 e. The third-order valence-corrected chi connectivity index (χ3v) is 22.4. The number of nitrogens with zero attached hydrogens (tertiary/aromatic N) is 2. The van der Waals surface area contributed by atoms with Crippen LogP contribution >= 0.6 is 12.4 Å². The number of benzene rings is 2. The molecule has 0 heterocycles. The van der Waals surface area contributed by atoms with Crippen LogP contribution in [0.15, 0.2) is 36.4 Å². The van der Waals surface area contributed by atoms with Crippen LogP contribution in [0.3, 0.4) is 0 Å². The minimum absolute atomic E-state index is 0. The standard InChI is InChI=1S/2C30H42F5NO4S.ClH/c2*1-28-13-11-23-22-8-7-21(40-26(38)18-36(2)3)17-20(22)16-19(27(23)24(28)9-10-25(28)37)6-4-14-41(39)15-5-12-29(31,32)30(33,34)35;/h2*7-8,17,19,23-25,27,37H,4-6,9-16,18H2,1-3H3;1H/t2*19-,23-,24+,25+,27-,28+,41?;/m11./s1. The molecule has 2 aromatic rings. The molecular weight excluding hydrogens is 1170 g/mol. The lowest BCUT2D eigenvalue weighted by Gasteiger charge is -2.53. The van der Waals surface area contributed by atoms with E-state index in [0.717, 1.165) is 88.2 Å². The van der Waals surface area contributed by atoms with Gasteiger partial charge in [0.1, 0.15) is 11.5 Å². The Labute approximate surface area is 493 Å². The SMILES string of the molecule is CN(C)CC(=O)Oc1ccc2c(c1)C[C@@H](CCCS(=O)CCCC(F)(F)C(F)(F)F)[C@@H]1[C@@H]2CC[C@]2(C)[C@@H](O)CC[C@@H]12.CN(C)CC(=O)Oc1ccc2c(c1)C[C@@H](CCCS(=O)CCCC(F)(F)C(F)(F)F)[C@@H]1[C@@H]2CC[C@]2(C)[C@@H](O)CC[C@@H]12.Cl. The molecule has 0 saturated heterocycles. The van der Waals surface area contributed by atoms with Crippen LogP contribution in [0.25, 0.3) is 0 Å². The van der Waals surface area contributed by atoms with E-state index < -0.39 is 71.5 Å². The number of esters is 2. The molecule has 2 unspecified atom stereocenters. The van der Waals surface area contributed by atoms with Crippen molar-refractivity contribution in [3.05, 3.63) is 58.7 Å². The summed E-state index contributed by atoms with van der Waals surface area (Å²) in [4.78, 5) is 28.0. The van der Waals surface area contributed by atoms with Crippen molar-refractivity contribution in [1.82, 2.24) is 9.80 Å². The summed E-state index contributed by atoms with van der Waals surface area (Å²) in [6, 6.07) is 11.7. The molecule has 472 valence electrons. The van der Waals surface area contributed by atoms with Crippen LogP contribution < -0.4 is 9.47 Å². The maximum absolute atomic E-state index is 13.2. The van der Waals surface area contributed by atoms with Crippen molar-refractivity contribution < 1.29 is 81.6 Å². The summed E-state index contributed by atoms with van der Waals surface area (Å²) in [5.74, 6) is -6.62. The van der Waals surface area contributed by atoms with E-state index >= 15 is 0 Å². The fourth-order valence-electron chi connectivity index (χ4n) is 15.4. The Kier molecular flexibility index (Phi) is 23.4. The number of likely N-dealkylation sites (N-methyl/N-ethyl adjacent to an activating group) is 2. The summed E-state index contributed by atoms with van der Waals surface area (Å²) >= 11 is 0. The van der Waals surface area contributed by atoms with Gasteiger partial charge in [0, 0.05) is 57.5 Å². The number of halogens is 11. The van der Waals surface area contributed by atoms with E-state index in [2.05, 4.69) is 26.0 Å². The zero-order valence-electron chi connectivity index (χ0n) is 48.5. The maximum Gasteiger partial charge on any atom is 0.453 e. The molecule has 10 nitrogen and oxygen atoms in total. The van der Waals surface area contributed by atoms with Gasteiger partial charge in [0.15, 0.2) is 0 Å². The van der Waals surface area contributed by atoms with E-state index in [1.165, 1.54) is 11.1 Å². The summed E-state index contributed by atoms with van der Waals surface area (Å²) in [5, 5.41) is 21.7. The number of aliphatic hydroxyl groups excluding tert-OH is 2. The molecule has 4 saturated carbocycles. The number of hydrogen-bond donors (Lipinski definition) is 2. The highest BCUT2D eigenvalue weighted by Gasteiger charge is 2.60. The molecule has 2 aromatic carbocycles. The van der Waals surface area contributed by atoms with Crippen molar-refractivity contribution in [3.8, 4) is 11.5 Å². The fourth-order valence-corrected chi connectivity index (χ4v) is 17.7. The van der Waals surface area contributed by atoms with Crippen LogP contribution in [0, 0.1) is 46.3 Å². The highest BCUT2D eigenvalue weighted by atomic mass is 35.5. The molecule has 0 aromatic heterocycles. The topological polar surface area (TPSA) is 134 Å². The van der Waals surface area contributed by atoms with Gasteiger partial charge in [-0.1, -0.05) is 26.0 Å². The predicted octanol–water partition coefficient (Wildman–Crippen LogP) is 12.6. The average molecular weight is 1250 g/mol. The highest BCUT2D eigenvalue weighted by molar-refractivity contribution is 7.85. The van der Waals surface area contributed by atoms with Gasteiger partial charge in [0.2, 0.25) is 0 Å². The van der Waals surface area contributed by atoms with Gasteiger partial charge in [0.05, 0.1) is 25.3 Å². The first-order valence-corrected chi connectivity index (χ1v) is 32.1. The number of carbonyl (C=O) groups is 2. The quantitative estimate of drug-likeness (QED) is 0.0667. The van der Waals surface area contributed by atoms with Crippen LogP contribution in [0.1, 0.15) is 151 Å². The van der Waals surface area contributed by atoms with Gasteiger partial charge in [-0.25, -0.2) is 0 Å². The van der Waals surface area contributed by atoms with Crippen molar-refractivity contribution in [2.45, 2.75) is 178 Å². The summed E-state index contributed by atoms with van der Waals surface area (Å²) in [7, 11) is 4.21. The van der Waals surface area contributed by atoms with Crippen LogP contribution in [0.2, 0.25) is 0 Å². The average Bonchev–Trinajstić information content (AvgIpc) is 3.86. The Hall–Kier alpha value is -2.89. The summed E-state index contributed by atoms with van der Waals surface area (Å²) < 4.78 is 163. The molecule has 2 N–H and O–H groups in total. The molecule has 14 atom stereocenters. The van der Waals surface area contributed by atoms with Gasteiger partial charge in [-0.3, -0.25) is 27.8 Å². The van der Waals surface area contributed by atoms with Gasteiger partial charge in [-0.05, 0) is 236 Å². The Morgan fingerprint density at radius 1 is 0.566 bits per heavy atom. The normalized spacial score (nSPS) is 30.1. The molecule has 8 rings (SSSR count). The first kappa shape index (κ1) is 69.2. The summed E-state index contributed by atoms with van der Waals surface area (Å²) in [6.07, 6.45) is -4.11. The molecule has 4 fully saturated rings. The molecule has 0 aliphatic heterocycles. The molecule has 0 spiro atoms. The second-order valence-electron chi connectivity index (χ2n) is 25.5. The Morgan fingerprint density at radius 3 is 1.25 bits per heavy atom. The van der Waals surface area contributed by atoms with Crippen molar-refractivity contribution >= 4 is 45.9 Å². The Balaban J connectivity index is 0.000000263. The maximum atomic E-state index is 13.2. The molecule has 0 amide bonds. The van der Waals surface area contributed by atoms with E-state index in [0.29, 0.717) is 59.8 Å². The monoisotopic (exact) mass is 1250 g/mol. The molecule has 6 aliphatic rings. The number of hydrogen-bond acceptors (Lipinski definition) is 10. The zero-order valence-corrected chi connectivity index (χ0v) is 50.9. The smallest absolute Gasteiger partial charge is 0.426 e. The van der Waals surface area contributed by atoms with E-state index in [-0.39, 0.29) is 95.3 Å².